The van der Waals surface area contributed by atoms with Gasteiger partial charge in [-0.2, -0.15) is 0 Å². The van der Waals surface area contributed by atoms with Crippen molar-refractivity contribution in [3.05, 3.63) is 40.8 Å². The van der Waals surface area contributed by atoms with Gasteiger partial charge in [-0.05, 0) is 43.9 Å². The van der Waals surface area contributed by atoms with E-state index < -0.39 is 11.8 Å². The Kier molecular flexibility index (Phi) is 5.83. The number of carboxylic acid groups (broad SMARTS) is 1. The van der Waals surface area contributed by atoms with Crippen LogP contribution < -0.4 is 10.1 Å². The molecule has 0 unspecified atom stereocenters. The minimum absolute atomic E-state index is 0.0436. The summed E-state index contributed by atoms with van der Waals surface area (Å²) >= 11 is 1.10. The Morgan fingerprint density at radius 1 is 1.27 bits per heavy atom. The first-order valence-corrected chi connectivity index (χ1v) is 10.5. The van der Waals surface area contributed by atoms with Crippen LogP contribution in [0.1, 0.15) is 40.9 Å². The first kappa shape index (κ1) is 20.5. The van der Waals surface area contributed by atoms with E-state index >= 15 is 0 Å². The lowest BCUT2D eigenvalue weighted by molar-refractivity contribution is -0.0227. The summed E-state index contributed by atoms with van der Waals surface area (Å²) in [5.74, 6) is -0.602. The normalized spacial score (nSPS) is 19.0. The third-order valence-corrected chi connectivity index (χ3v) is 6.53. The smallest absolute Gasteiger partial charge is 0.346 e. The Hall–Kier alpha value is -2.78. The first-order valence-electron chi connectivity index (χ1n) is 9.71. The molecule has 1 aliphatic carbocycles. The average Bonchev–Trinajstić information content (AvgIpc) is 3.08. The van der Waals surface area contributed by atoms with Crippen LogP contribution in [0.3, 0.4) is 0 Å². The van der Waals surface area contributed by atoms with Crippen LogP contribution in [0.5, 0.6) is 5.75 Å². The number of nitrogens with one attached hydrogen (secondary N) is 1. The van der Waals surface area contributed by atoms with E-state index in [0.717, 1.165) is 37.0 Å². The number of methoxy groups -OCH3 is 1. The molecule has 0 aliphatic heterocycles. The van der Waals surface area contributed by atoms with Crippen molar-refractivity contribution in [2.24, 2.45) is 0 Å². The van der Waals surface area contributed by atoms with Crippen molar-refractivity contribution in [3.8, 4) is 5.75 Å². The number of aromatic carboxylic acids is 1. The molecule has 2 N–H and O–H groups in total. The van der Waals surface area contributed by atoms with Gasteiger partial charge in [-0.15, -0.1) is 11.3 Å². The number of rotatable bonds is 6. The molecule has 0 bridgehead atoms. The third kappa shape index (κ3) is 3.95. The third-order valence-electron chi connectivity index (χ3n) is 5.34. The number of carboxylic acids is 1. The van der Waals surface area contributed by atoms with Crippen molar-refractivity contribution < 1.29 is 23.8 Å². The highest BCUT2D eigenvalue weighted by atomic mass is 32.1. The SMILES string of the molecule is CO[C@H]1CCCC[C@H]1Oc1cc(F)ccc1Nc1ncnc2sc(C(=O)O)c(C)c12. The maximum Gasteiger partial charge on any atom is 0.346 e. The predicted octanol–water partition coefficient (Wildman–Crippen LogP) is 4.92. The van der Waals surface area contributed by atoms with Crippen LogP contribution in [0.4, 0.5) is 15.9 Å². The van der Waals surface area contributed by atoms with Gasteiger partial charge in [-0.3, -0.25) is 0 Å². The number of benzene rings is 1. The number of aryl methyl sites for hydroxylation is 1. The number of carbonyl (C=O) groups is 1. The fraction of sp³-hybridized carbons (Fsp3) is 0.381. The van der Waals surface area contributed by atoms with E-state index in [1.807, 2.05) is 0 Å². The molecule has 0 saturated heterocycles. The molecule has 0 amide bonds. The van der Waals surface area contributed by atoms with Gasteiger partial charge in [0.05, 0.1) is 17.2 Å². The minimum Gasteiger partial charge on any atom is -0.485 e. The van der Waals surface area contributed by atoms with Crippen molar-refractivity contribution in [3.63, 3.8) is 0 Å². The lowest BCUT2D eigenvalue weighted by Gasteiger charge is -2.31. The summed E-state index contributed by atoms with van der Waals surface area (Å²) in [5.41, 5.74) is 1.13. The fourth-order valence-electron chi connectivity index (χ4n) is 3.83. The molecule has 1 aromatic carbocycles. The topological polar surface area (TPSA) is 93.6 Å². The van der Waals surface area contributed by atoms with Gasteiger partial charge in [0.25, 0.3) is 0 Å². The zero-order valence-corrected chi connectivity index (χ0v) is 17.5. The van der Waals surface area contributed by atoms with Gasteiger partial charge in [-0.25, -0.2) is 19.2 Å². The van der Waals surface area contributed by atoms with Gasteiger partial charge in [0.2, 0.25) is 0 Å². The summed E-state index contributed by atoms with van der Waals surface area (Å²) in [6.07, 6.45) is 5.00. The van der Waals surface area contributed by atoms with Crippen LogP contribution in [-0.2, 0) is 4.74 Å². The summed E-state index contributed by atoms with van der Waals surface area (Å²) in [4.78, 5) is 20.8. The molecule has 9 heteroatoms. The molecule has 2 atom stereocenters. The second-order valence-corrected chi connectivity index (χ2v) is 8.24. The van der Waals surface area contributed by atoms with E-state index in [1.54, 1.807) is 20.1 Å². The zero-order valence-electron chi connectivity index (χ0n) is 16.6. The Morgan fingerprint density at radius 2 is 2.03 bits per heavy atom. The molecule has 1 aliphatic rings. The van der Waals surface area contributed by atoms with Crippen LogP contribution in [0, 0.1) is 12.7 Å². The molecule has 30 heavy (non-hydrogen) atoms. The Labute approximate surface area is 176 Å². The number of anilines is 2. The Bertz CT molecular complexity index is 1090. The monoisotopic (exact) mass is 431 g/mol. The maximum absolute atomic E-state index is 14.0. The number of hydrogen-bond donors (Lipinski definition) is 2. The van der Waals surface area contributed by atoms with Crippen LogP contribution in [0.2, 0.25) is 0 Å². The molecule has 3 aromatic rings. The van der Waals surface area contributed by atoms with Crippen molar-refractivity contribution >= 4 is 39.0 Å². The maximum atomic E-state index is 14.0. The highest BCUT2D eigenvalue weighted by molar-refractivity contribution is 7.20. The quantitative estimate of drug-likeness (QED) is 0.572. The minimum atomic E-state index is -1.00. The lowest BCUT2D eigenvalue weighted by Crippen LogP contribution is -2.36. The van der Waals surface area contributed by atoms with Crippen LogP contribution in [0.15, 0.2) is 24.5 Å². The number of ether oxygens (including phenoxy) is 2. The Morgan fingerprint density at radius 3 is 2.77 bits per heavy atom. The summed E-state index contributed by atoms with van der Waals surface area (Å²) in [6, 6.07) is 4.26. The van der Waals surface area contributed by atoms with Crippen molar-refractivity contribution in [2.45, 2.75) is 44.8 Å². The zero-order chi connectivity index (χ0) is 21.3. The number of hydrogen-bond acceptors (Lipinski definition) is 7. The fourth-order valence-corrected chi connectivity index (χ4v) is 4.81. The number of nitrogens with zero attached hydrogens (tertiary/aromatic N) is 2. The van der Waals surface area contributed by atoms with Crippen molar-refractivity contribution in [1.29, 1.82) is 0 Å². The van der Waals surface area contributed by atoms with E-state index in [2.05, 4.69) is 15.3 Å². The summed E-state index contributed by atoms with van der Waals surface area (Å²) in [6.45, 7) is 1.73. The van der Waals surface area contributed by atoms with Crippen LogP contribution in [0.25, 0.3) is 10.2 Å². The van der Waals surface area contributed by atoms with Gasteiger partial charge in [0, 0.05) is 13.2 Å². The molecule has 2 heterocycles. The number of thiophene rings is 1. The highest BCUT2D eigenvalue weighted by Crippen LogP contribution is 2.37. The van der Waals surface area contributed by atoms with Crippen molar-refractivity contribution in [1.82, 2.24) is 9.97 Å². The summed E-state index contributed by atoms with van der Waals surface area (Å²) in [7, 11) is 1.66. The molecule has 4 rings (SSSR count). The molecule has 1 saturated carbocycles. The molecule has 158 valence electrons. The largest absolute Gasteiger partial charge is 0.485 e. The van der Waals surface area contributed by atoms with Gasteiger partial charge in [0.15, 0.2) is 0 Å². The lowest BCUT2D eigenvalue weighted by atomic mass is 9.94. The molecule has 1 fully saturated rings. The van der Waals surface area contributed by atoms with E-state index in [-0.39, 0.29) is 17.1 Å². The number of fused-ring (bicyclic) bond motifs is 1. The molecule has 2 aromatic heterocycles. The van der Waals surface area contributed by atoms with Crippen molar-refractivity contribution in [2.75, 3.05) is 12.4 Å². The second kappa shape index (κ2) is 8.53. The van der Waals surface area contributed by atoms with Gasteiger partial charge in [-0.1, -0.05) is 6.42 Å². The van der Waals surface area contributed by atoms with E-state index in [4.69, 9.17) is 9.47 Å². The van der Waals surface area contributed by atoms with Crippen LogP contribution in [-0.4, -0.2) is 40.4 Å². The van der Waals surface area contributed by atoms with E-state index in [1.165, 1.54) is 18.5 Å². The number of halogens is 1. The van der Waals surface area contributed by atoms with Crippen LogP contribution >= 0.6 is 11.3 Å². The average molecular weight is 431 g/mol. The standard InChI is InChI=1S/C21H22FN3O4S/c1-11-17-19(23-10-24-20(17)30-18(11)21(26)27)25-13-8-7-12(22)9-16(13)29-15-6-4-3-5-14(15)28-2/h7-10,14-15H,3-6H2,1-2H3,(H,26,27)(H,23,24,25)/t14-,15+/m0/s1. The second-order valence-electron chi connectivity index (χ2n) is 7.24. The molecule has 7 nitrogen and oxygen atoms in total. The molecular formula is C21H22FN3O4S. The molecular weight excluding hydrogens is 409 g/mol. The molecule has 0 spiro atoms. The summed E-state index contributed by atoms with van der Waals surface area (Å²) < 4.78 is 25.7. The summed E-state index contributed by atoms with van der Waals surface area (Å²) in [5, 5.41) is 13.2. The van der Waals surface area contributed by atoms with Gasteiger partial charge in [0.1, 0.15) is 39.5 Å². The first-order chi connectivity index (χ1) is 14.5. The Balaban J connectivity index is 1.70. The van der Waals surface area contributed by atoms with E-state index in [9.17, 15) is 14.3 Å². The highest BCUT2D eigenvalue weighted by Gasteiger charge is 2.28. The van der Waals surface area contributed by atoms with E-state index in [0.29, 0.717) is 33.0 Å². The predicted molar refractivity (Wildman–Crippen MR) is 112 cm³/mol. The van der Waals surface area contributed by atoms with Gasteiger partial charge < -0.3 is 19.9 Å². The molecule has 0 radical (unpaired) electrons. The van der Waals surface area contributed by atoms with Gasteiger partial charge >= 0.3 is 5.97 Å². The number of aromatic nitrogens is 2.